The monoisotopic (exact) mass is 438 g/mol. The van der Waals surface area contributed by atoms with Gasteiger partial charge in [0, 0.05) is 26.7 Å². The molecule has 3 amide bonds. The van der Waals surface area contributed by atoms with Crippen LogP contribution in [0.3, 0.4) is 0 Å². The zero-order valence-electron chi connectivity index (χ0n) is 16.4. The van der Waals surface area contributed by atoms with Gasteiger partial charge in [0.1, 0.15) is 0 Å². The summed E-state index contributed by atoms with van der Waals surface area (Å²) in [6, 6.07) is 4.43. The number of likely N-dealkylation sites (N-methyl/N-ethyl adjacent to an activating group) is 2. The standard InChI is InChI=1S/C19H24Cl2N6O2/c1-25-15-16(24-18(25)23-12-4-3-7-22-9-12)26(2)19(29)27(17(15)28)10-11-5-6-13(20)14(21)8-11/h5-6,8,12,15-16,22H,3-4,7,9-10H2,1-2H3,(H,23,24)/t12-,15?,16?/m1/s1. The van der Waals surface area contributed by atoms with Gasteiger partial charge in [0.2, 0.25) is 0 Å². The number of carbonyl (C=O) groups excluding carboxylic acids is 2. The lowest BCUT2D eigenvalue weighted by atomic mass is 10.1. The van der Waals surface area contributed by atoms with E-state index in [0.29, 0.717) is 16.0 Å². The summed E-state index contributed by atoms with van der Waals surface area (Å²) in [5, 5.41) is 7.61. The van der Waals surface area contributed by atoms with Crippen LogP contribution in [0, 0.1) is 0 Å². The van der Waals surface area contributed by atoms with E-state index in [2.05, 4.69) is 15.6 Å². The van der Waals surface area contributed by atoms with Gasteiger partial charge in [-0.15, -0.1) is 0 Å². The number of amides is 3. The predicted molar refractivity (Wildman–Crippen MR) is 112 cm³/mol. The van der Waals surface area contributed by atoms with Crippen LogP contribution in [0.4, 0.5) is 4.79 Å². The molecule has 29 heavy (non-hydrogen) atoms. The van der Waals surface area contributed by atoms with Crippen molar-refractivity contribution in [1.82, 2.24) is 25.3 Å². The lowest BCUT2D eigenvalue weighted by Gasteiger charge is -2.40. The highest BCUT2D eigenvalue weighted by molar-refractivity contribution is 6.42. The molecule has 3 aliphatic heterocycles. The van der Waals surface area contributed by atoms with E-state index in [1.807, 2.05) is 11.9 Å². The van der Waals surface area contributed by atoms with Crippen molar-refractivity contribution in [1.29, 1.82) is 0 Å². The lowest BCUT2D eigenvalue weighted by Crippen LogP contribution is -2.64. The maximum atomic E-state index is 13.2. The zero-order valence-corrected chi connectivity index (χ0v) is 17.9. The number of halogens is 2. The average molecular weight is 439 g/mol. The molecule has 0 radical (unpaired) electrons. The first-order valence-corrected chi connectivity index (χ1v) is 10.4. The molecular weight excluding hydrogens is 415 g/mol. The molecule has 10 heteroatoms. The maximum Gasteiger partial charge on any atom is 0.328 e. The van der Waals surface area contributed by atoms with E-state index in [-0.39, 0.29) is 24.5 Å². The van der Waals surface area contributed by atoms with Gasteiger partial charge in [-0.05, 0) is 37.1 Å². The van der Waals surface area contributed by atoms with Crippen LogP contribution in [0.1, 0.15) is 18.4 Å². The molecule has 0 bridgehead atoms. The number of carbonyl (C=O) groups is 2. The fourth-order valence-electron chi connectivity index (χ4n) is 4.03. The van der Waals surface area contributed by atoms with Crippen LogP contribution in [-0.2, 0) is 11.3 Å². The molecule has 156 valence electrons. The minimum absolute atomic E-state index is 0.130. The van der Waals surface area contributed by atoms with Gasteiger partial charge in [-0.1, -0.05) is 29.3 Å². The molecule has 8 nitrogen and oxygen atoms in total. The Morgan fingerprint density at radius 1 is 1.21 bits per heavy atom. The van der Waals surface area contributed by atoms with Crippen molar-refractivity contribution in [2.45, 2.75) is 37.6 Å². The number of benzene rings is 1. The van der Waals surface area contributed by atoms with Crippen molar-refractivity contribution < 1.29 is 9.59 Å². The summed E-state index contributed by atoms with van der Waals surface area (Å²) in [4.78, 5) is 35.4. The molecule has 2 saturated heterocycles. The number of nitrogens with zero attached hydrogens (tertiary/aromatic N) is 4. The van der Waals surface area contributed by atoms with Crippen LogP contribution < -0.4 is 10.6 Å². The highest BCUT2D eigenvalue weighted by atomic mass is 35.5. The first-order valence-electron chi connectivity index (χ1n) is 9.67. The van der Waals surface area contributed by atoms with Gasteiger partial charge in [0.05, 0.1) is 16.6 Å². The molecule has 3 atom stereocenters. The average Bonchev–Trinajstić information content (AvgIpc) is 3.03. The number of piperidine rings is 1. The summed E-state index contributed by atoms with van der Waals surface area (Å²) in [7, 11) is 3.52. The second-order valence-corrected chi connectivity index (χ2v) is 8.49. The summed E-state index contributed by atoms with van der Waals surface area (Å²) in [5.41, 5.74) is 0.737. The molecule has 2 unspecified atom stereocenters. The van der Waals surface area contributed by atoms with E-state index in [9.17, 15) is 9.59 Å². The number of hydrogen-bond acceptors (Lipinski definition) is 6. The third-order valence-electron chi connectivity index (χ3n) is 5.69. The van der Waals surface area contributed by atoms with E-state index in [1.165, 1.54) is 9.80 Å². The van der Waals surface area contributed by atoms with Crippen molar-refractivity contribution in [2.24, 2.45) is 4.99 Å². The quantitative estimate of drug-likeness (QED) is 0.750. The molecule has 4 rings (SSSR count). The van der Waals surface area contributed by atoms with Crippen molar-refractivity contribution in [3.63, 3.8) is 0 Å². The molecule has 3 aliphatic rings. The lowest BCUT2D eigenvalue weighted by molar-refractivity contribution is -0.137. The van der Waals surface area contributed by atoms with E-state index < -0.39 is 12.2 Å². The topological polar surface area (TPSA) is 80.3 Å². The minimum Gasteiger partial charge on any atom is -0.352 e. The zero-order chi connectivity index (χ0) is 20.7. The fourth-order valence-corrected chi connectivity index (χ4v) is 4.35. The molecule has 0 aromatic heterocycles. The molecule has 0 saturated carbocycles. The van der Waals surface area contributed by atoms with Gasteiger partial charge in [-0.25, -0.2) is 9.79 Å². The third kappa shape index (κ3) is 3.76. The first kappa shape index (κ1) is 20.3. The van der Waals surface area contributed by atoms with Crippen LogP contribution in [0.2, 0.25) is 10.0 Å². The molecule has 0 spiro atoms. The van der Waals surface area contributed by atoms with E-state index >= 15 is 0 Å². The summed E-state index contributed by atoms with van der Waals surface area (Å²) in [6.45, 7) is 2.00. The summed E-state index contributed by atoms with van der Waals surface area (Å²) in [6.07, 6.45) is 1.60. The number of rotatable bonds is 3. The molecule has 1 aromatic rings. The largest absolute Gasteiger partial charge is 0.352 e. The molecule has 3 heterocycles. The van der Waals surface area contributed by atoms with E-state index in [1.54, 1.807) is 25.2 Å². The van der Waals surface area contributed by atoms with Crippen molar-refractivity contribution in [2.75, 3.05) is 27.2 Å². The Morgan fingerprint density at radius 3 is 2.69 bits per heavy atom. The van der Waals surface area contributed by atoms with Gasteiger partial charge >= 0.3 is 6.03 Å². The van der Waals surface area contributed by atoms with Crippen LogP contribution in [0.25, 0.3) is 0 Å². The Kier molecular flexibility index (Phi) is 5.59. The van der Waals surface area contributed by atoms with Crippen LogP contribution >= 0.6 is 23.2 Å². The Labute approximate surface area is 179 Å². The van der Waals surface area contributed by atoms with Crippen molar-refractivity contribution in [3.05, 3.63) is 33.8 Å². The van der Waals surface area contributed by atoms with Crippen molar-refractivity contribution in [3.8, 4) is 0 Å². The maximum absolute atomic E-state index is 13.2. The number of imide groups is 1. The third-order valence-corrected chi connectivity index (χ3v) is 6.43. The normalized spacial score (nSPS) is 27.2. The number of hydrogen-bond donors (Lipinski definition) is 2. The minimum atomic E-state index is -0.556. The summed E-state index contributed by atoms with van der Waals surface area (Å²) < 4.78 is 0. The molecule has 1 aromatic carbocycles. The van der Waals surface area contributed by atoms with Gasteiger partial charge in [-0.3, -0.25) is 9.69 Å². The highest BCUT2D eigenvalue weighted by Crippen LogP contribution is 2.29. The number of fused-ring (bicyclic) bond motifs is 1. The van der Waals surface area contributed by atoms with Crippen LogP contribution in [-0.4, -0.2) is 78.0 Å². The van der Waals surface area contributed by atoms with Gasteiger partial charge < -0.3 is 20.4 Å². The van der Waals surface area contributed by atoms with Crippen LogP contribution in [0.5, 0.6) is 0 Å². The molecule has 2 fully saturated rings. The van der Waals surface area contributed by atoms with E-state index in [4.69, 9.17) is 23.2 Å². The Hall–Kier alpha value is -2.03. The smallest absolute Gasteiger partial charge is 0.328 e. The van der Waals surface area contributed by atoms with Crippen LogP contribution in [0.15, 0.2) is 23.2 Å². The number of nitrogens with one attached hydrogen (secondary N) is 2. The Balaban J connectivity index is 1.53. The SMILES string of the molecule is CN1C(=O)N(Cc2ccc(Cl)c(Cl)c2)C(=O)C2C1N=C(N[C@@H]1CCCNC1)N2C. The number of aliphatic imine (C=N–C) groups is 1. The molecular formula is C19H24Cl2N6O2. The highest BCUT2D eigenvalue weighted by Gasteiger charge is 2.51. The Morgan fingerprint density at radius 2 is 2.00 bits per heavy atom. The molecule has 0 aliphatic carbocycles. The van der Waals surface area contributed by atoms with Gasteiger partial charge in [0.25, 0.3) is 5.91 Å². The fraction of sp³-hybridized carbons (Fsp3) is 0.526. The van der Waals surface area contributed by atoms with Crippen molar-refractivity contribution >= 4 is 41.1 Å². The predicted octanol–water partition coefficient (Wildman–Crippen LogP) is 1.73. The second kappa shape index (κ2) is 8.01. The van der Waals surface area contributed by atoms with E-state index in [0.717, 1.165) is 31.5 Å². The second-order valence-electron chi connectivity index (χ2n) is 7.68. The summed E-state index contributed by atoms with van der Waals surface area (Å²) in [5.74, 6) is 0.382. The van der Waals surface area contributed by atoms with Gasteiger partial charge in [0.15, 0.2) is 18.2 Å². The number of guanidine groups is 1. The van der Waals surface area contributed by atoms with Gasteiger partial charge in [-0.2, -0.15) is 0 Å². The Bertz CT molecular complexity index is 857. The molecule has 2 N–H and O–H groups in total. The first-order chi connectivity index (χ1) is 13.9. The number of urea groups is 1. The summed E-state index contributed by atoms with van der Waals surface area (Å²) >= 11 is 12.1.